The molecule has 2 aromatic carbocycles. The van der Waals surface area contributed by atoms with Gasteiger partial charge in [0.25, 0.3) is 0 Å². The van der Waals surface area contributed by atoms with Crippen LogP contribution in [0.4, 0.5) is 0 Å². The summed E-state index contributed by atoms with van der Waals surface area (Å²) in [6.07, 6.45) is 0.719. The van der Waals surface area contributed by atoms with Crippen LogP contribution in [-0.2, 0) is 81.4 Å². The van der Waals surface area contributed by atoms with E-state index in [0.717, 1.165) is 17.5 Å². The molecule has 114 valence electrons. The van der Waals surface area contributed by atoms with Crippen molar-refractivity contribution in [1.82, 2.24) is 0 Å². The summed E-state index contributed by atoms with van der Waals surface area (Å²) in [7, 11) is 0. The van der Waals surface area contributed by atoms with E-state index < -0.39 is 11.9 Å². The quantitative estimate of drug-likeness (QED) is 0.400. The molecule has 0 amide bonds. The van der Waals surface area contributed by atoms with Crippen LogP contribution in [0.1, 0.15) is 11.1 Å². The zero-order valence-electron chi connectivity index (χ0n) is 12.5. The summed E-state index contributed by atoms with van der Waals surface area (Å²) in [5.74, 6) is -0.232. The van der Waals surface area contributed by atoms with Crippen LogP contribution < -0.4 is 9.47 Å². The van der Waals surface area contributed by atoms with Gasteiger partial charge in [0, 0.05) is 65.4 Å². The predicted octanol–water partition coefficient (Wildman–Crippen LogP) is 2.75. The Bertz CT molecular complexity index is 579. The number of benzene rings is 2. The normalized spacial score (nSPS) is 9.04. The standard InChI is InChI=1S/C17H14O4.2Y/c1-12(18)20-16-7-3-14(4-8-16)11-15-5-9-17(10-6-15)21-13(2)19;;/h3-10H,1-2,11H2;;/q-2;;. The molecule has 0 aliphatic rings. The predicted molar refractivity (Wildman–Crippen MR) is 77.7 cm³/mol. The summed E-state index contributed by atoms with van der Waals surface area (Å²) >= 11 is 0. The summed E-state index contributed by atoms with van der Waals surface area (Å²) in [5.41, 5.74) is 2.14. The summed E-state index contributed by atoms with van der Waals surface area (Å²) in [5, 5.41) is 0. The third-order valence-electron chi connectivity index (χ3n) is 2.72. The fourth-order valence-corrected chi connectivity index (χ4v) is 1.85. The van der Waals surface area contributed by atoms with E-state index in [1.807, 2.05) is 24.3 Å². The number of ether oxygens (including phenoxy) is 2. The first kappa shape index (κ1) is 22.3. The fraction of sp³-hybridized carbons (Fsp3) is 0.0588. The molecule has 23 heavy (non-hydrogen) atoms. The van der Waals surface area contributed by atoms with Crippen LogP contribution in [-0.4, -0.2) is 11.9 Å². The van der Waals surface area contributed by atoms with Crippen LogP contribution in [0.5, 0.6) is 11.5 Å². The van der Waals surface area contributed by atoms with Crippen molar-refractivity contribution in [3.8, 4) is 11.5 Å². The number of carbonyl (C=O) groups is 2. The van der Waals surface area contributed by atoms with E-state index in [0.29, 0.717) is 11.5 Å². The molecule has 6 heteroatoms. The summed E-state index contributed by atoms with van der Waals surface area (Å²) in [6.45, 7) is 6.30. The number of hydrogen-bond acceptors (Lipinski definition) is 4. The minimum atomic E-state index is -0.585. The molecule has 0 N–H and O–H groups in total. The molecule has 0 aliphatic carbocycles. The Hall–Kier alpha value is -0.672. The minimum Gasteiger partial charge on any atom is -0.452 e. The Morgan fingerprint density at radius 2 is 1.00 bits per heavy atom. The minimum absolute atomic E-state index is 0. The SMILES string of the molecule is [CH2-]C(=O)Oc1ccc(Cc2ccc(OC([CH2-])=O)cc2)cc1.[Y].[Y]. The molecule has 2 aromatic rings. The van der Waals surface area contributed by atoms with E-state index in [-0.39, 0.29) is 65.4 Å². The molecule has 0 heterocycles. The first-order chi connectivity index (χ1) is 10.0. The molecule has 0 aromatic heterocycles. The number of hydrogen-bond donors (Lipinski definition) is 0. The van der Waals surface area contributed by atoms with Gasteiger partial charge >= 0.3 is 0 Å². The van der Waals surface area contributed by atoms with Crippen LogP contribution in [0.3, 0.4) is 0 Å². The fourth-order valence-electron chi connectivity index (χ4n) is 1.85. The van der Waals surface area contributed by atoms with Gasteiger partial charge in [-0.15, -0.1) is 0 Å². The van der Waals surface area contributed by atoms with Gasteiger partial charge in [0.05, 0.1) is 0 Å². The van der Waals surface area contributed by atoms with Crippen molar-refractivity contribution >= 4 is 11.9 Å². The van der Waals surface area contributed by atoms with Crippen molar-refractivity contribution in [1.29, 1.82) is 0 Å². The molecule has 4 nitrogen and oxygen atoms in total. The number of carbonyl (C=O) groups excluding carboxylic acids is 2. The zero-order valence-corrected chi connectivity index (χ0v) is 18.2. The average molecular weight is 460 g/mol. The smallest absolute Gasteiger partial charge is 0.172 e. The molecular weight excluding hydrogens is 446 g/mol. The first-order valence-corrected chi connectivity index (χ1v) is 6.28. The van der Waals surface area contributed by atoms with E-state index in [9.17, 15) is 9.59 Å². The number of rotatable bonds is 4. The maximum Gasteiger partial charge on any atom is 0.172 e. The molecule has 0 saturated carbocycles. The summed E-state index contributed by atoms with van der Waals surface area (Å²) in [6, 6.07) is 14.4. The third kappa shape index (κ3) is 8.12. The molecule has 2 radical (unpaired) electrons. The van der Waals surface area contributed by atoms with Gasteiger partial charge in [0.15, 0.2) is 11.9 Å². The Kier molecular flexibility index (Phi) is 10.7. The second-order valence-corrected chi connectivity index (χ2v) is 4.41. The van der Waals surface area contributed by atoms with Crippen LogP contribution in [0.2, 0.25) is 0 Å². The number of esters is 2. The van der Waals surface area contributed by atoms with E-state index in [4.69, 9.17) is 9.47 Å². The molecule has 0 unspecified atom stereocenters. The molecule has 2 rings (SSSR count). The Balaban J connectivity index is 0.00000242. The Labute approximate surface area is 186 Å². The molecule has 0 bridgehead atoms. The second kappa shape index (κ2) is 11.0. The maximum absolute atomic E-state index is 10.7. The Morgan fingerprint density at radius 3 is 1.26 bits per heavy atom. The van der Waals surface area contributed by atoms with Gasteiger partial charge in [0.2, 0.25) is 0 Å². The van der Waals surface area contributed by atoms with Crippen molar-refractivity contribution in [2.75, 3.05) is 0 Å². The van der Waals surface area contributed by atoms with Crippen LogP contribution >= 0.6 is 0 Å². The van der Waals surface area contributed by atoms with Crippen molar-refractivity contribution < 1.29 is 84.5 Å². The van der Waals surface area contributed by atoms with E-state index in [1.165, 1.54) is 0 Å². The largest absolute Gasteiger partial charge is 0.452 e. The maximum atomic E-state index is 10.7. The molecule has 0 atom stereocenters. The van der Waals surface area contributed by atoms with Gasteiger partial charge in [0.1, 0.15) is 11.5 Å². The average Bonchev–Trinajstić information content (AvgIpc) is 2.42. The van der Waals surface area contributed by atoms with Gasteiger partial charge in [-0.25, -0.2) is 0 Å². The zero-order chi connectivity index (χ0) is 15.2. The van der Waals surface area contributed by atoms with Crippen LogP contribution in [0, 0.1) is 13.8 Å². The monoisotopic (exact) mass is 460 g/mol. The van der Waals surface area contributed by atoms with Gasteiger partial charge in [-0.1, -0.05) is 24.3 Å². The first-order valence-electron chi connectivity index (χ1n) is 6.28. The summed E-state index contributed by atoms with van der Waals surface area (Å²) in [4.78, 5) is 21.4. The molecule has 0 aliphatic heterocycles. The third-order valence-corrected chi connectivity index (χ3v) is 2.72. The molecule has 0 fully saturated rings. The Morgan fingerprint density at radius 1 is 0.696 bits per heavy atom. The second-order valence-electron chi connectivity index (χ2n) is 4.41. The van der Waals surface area contributed by atoms with Gasteiger partial charge in [-0.05, 0) is 41.8 Å². The van der Waals surface area contributed by atoms with Crippen molar-refractivity contribution in [2.24, 2.45) is 0 Å². The van der Waals surface area contributed by atoms with Crippen molar-refractivity contribution in [2.45, 2.75) is 6.42 Å². The van der Waals surface area contributed by atoms with Crippen molar-refractivity contribution in [3.63, 3.8) is 0 Å². The van der Waals surface area contributed by atoms with Crippen molar-refractivity contribution in [3.05, 3.63) is 73.5 Å². The van der Waals surface area contributed by atoms with Crippen LogP contribution in [0.15, 0.2) is 48.5 Å². The van der Waals surface area contributed by atoms with E-state index in [2.05, 4.69) is 13.8 Å². The molecular formula is C17H14O4Y2-2. The molecule has 0 spiro atoms. The molecule has 0 saturated heterocycles. The van der Waals surface area contributed by atoms with Gasteiger partial charge in [-0.3, -0.25) is 23.4 Å². The van der Waals surface area contributed by atoms with Gasteiger partial charge < -0.3 is 9.47 Å². The topological polar surface area (TPSA) is 52.6 Å². The van der Waals surface area contributed by atoms with Gasteiger partial charge in [-0.2, -0.15) is 0 Å². The van der Waals surface area contributed by atoms with E-state index >= 15 is 0 Å². The van der Waals surface area contributed by atoms with Crippen LogP contribution in [0.25, 0.3) is 0 Å². The summed E-state index contributed by atoms with van der Waals surface area (Å²) < 4.78 is 9.74. The van der Waals surface area contributed by atoms with E-state index in [1.54, 1.807) is 24.3 Å².